The Hall–Kier alpha value is -1.19. The van der Waals surface area contributed by atoms with Gasteiger partial charge in [-0.15, -0.1) is 11.3 Å². The third kappa shape index (κ3) is 2.01. The quantitative estimate of drug-likeness (QED) is 0.832. The van der Waals surface area contributed by atoms with E-state index in [0.29, 0.717) is 5.02 Å². The van der Waals surface area contributed by atoms with Crippen LogP contribution in [0, 0.1) is 6.92 Å². The maximum Gasteiger partial charge on any atom is 0.150 e. The molecule has 0 spiro atoms. The predicted molar refractivity (Wildman–Crippen MR) is 72.4 cm³/mol. The number of hydrogen-bond acceptors (Lipinski definition) is 3. The van der Waals surface area contributed by atoms with Crippen molar-refractivity contribution in [3.63, 3.8) is 0 Å². The molecule has 0 fully saturated rings. The van der Waals surface area contributed by atoms with Crippen molar-refractivity contribution in [3.05, 3.63) is 45.1 Å². The Morgan fingerprint density at radius 3 is 3.06 bits per heavy atom. The summed E-state index contributed by atoms with van der Waals surface area (Å²) < 4.78 is 6.00. The van der Waals surface area contributed by atoms with Gasteiger partial charge in [0.2, 0.25) is 0 Å². The van der Waals surface area contributed by atoms with E-state index in [4.69, 9.17) is 16.3 Å². The van der Waals surface area contributed by atoms with Gasteiger partial charge < -0.3 is 10.1 Å². The molecule has 2 heterocycles. The van der Waals surface area contributed by atoms with Crippen LogP contribution < -0.4 is 10.1 Å². The zero-order valence-electron chi connectivity index (χ0n) is 9.37. The summed E-state index contributed by atoms with van der Waals surface area (Å²) in [5, 5.41) is 6.18. The van der Waals surface area contributed by atoms with Crippen LogP contribution in [0.25, 0.3) is 0 Å². The molecule has 1 N–H and O–H groups in total. The maximum absolute atomic E-state index is 6.00. The van der Waals surface area contributed by atoms with Crippen LogP contribution in [0.4, 0.5) is 5.69 Å². The summed E-state index contributed by atoms with van der Waals surface area (Å²) in [5.74, 6) is 0.835. The average Bonchev–Trinajstić information content (AvgIpc) is 2.74. The summed E-state index contributed by atoms with van der Waals surface area (Å²) in [5.41, 5.74) is 2.30. The van der Waals surface area contributed by atoms with Crippen LogP contribution in [-0.2, 0) is 0 Å². The van der Waals surface area contributed by atoms with Crippen molar-refractivity contribution in [2.45, 2.75) is 13.0 Å². The number of fused-ring (bicyclic) bond motifs is 1. The zero-order chi connectivity index (χ0) is 11.8. The highest BCUT2D eigenvalue weighted by Crippen LogP contribution is 2.38. The van der Waals surface area contributed by atoms with Crippen molar-refractivity contribution < 1.29 is 4.74 Å². The van der Waals surface area contributed by atoms with Gasteiger partial charge in [0.25, 0.3) is 0 Å². The number of thiophene rings is 1. The van der Waals surface area contributed by atoms with Crippen LogP contribution in [0.2, 0.25) is 5.02 Å². The number of aryl methyl sites for hydroxylation is 1. The van der Waals surface area contributed by atoms with E-state index < -0.39 is 0 Å². The molecule has 1 unspecified atom stereocenters. The standard InChI is InChI=1S/C13H12ClNOS/c1-8-4-5-17-13(8)12-7-15-10-3-2-9(14)6-11(10)16-12/h2-6,12,15H,7H2,1H3. The summed E-state index contributed by atoms with van der Waals surface area (Å²) in [6.07, 6.45) is 0.0842. The van der Waals surface area contributed by atoms with Gasteiger partial charge in [-0.2, -0.15) is 0 Å². The molecule has 0 aliphatic carbocycles. The minimum absolute atomic E-state index is 0.0842. The fraction of sp³-hybridized carbons (Fsp3) is 0.231. The second-order valence-electron chi connectivity index (χ2n) is 4.10. The van der Waals surface area contributed by atoms with Gasteiger partial charge in [-0.25, -0.2) is 0 Å². The number of halogens is 1. The summed E-state index contributed by atoms with van der Waals surface area (Å²) in [6, 6.07) is 7.80. The Morgan fingerprint density at radius 2 is 2.29 bits per heavy atom. The molecule has 1 aliphatic heterocycles. The lowest BCUT2D eigenvalue weighted by Crippen LogP contribution is -2.23. The molecule has 1 aromatic heterocycles. The minimum Gasteiger partial charge on any atom is -0.481 e. The minimum atomic E-state index is 0.0842. The van der Waals surface area contributed by atoms with Crippen LogP contribution in [0.5, 0.6) is 5.75 Å². The molecule has 1 aliphatic rings. The van der Waals surface area contributed by atoms with E-state index in [1.54, 1.807) is 11.3 Å². The molecule has 0 saturated heterocycles. The second-order valence-corrected chi connectivity index (χ2v) is 5.48. The second kappa shape index (κ2) is 4.24. The molecule has 3 rings (SSSR count). The van der Waals surface area contributed by atoms with Gasteiger partial charge in [0, 0.05) is 16.0 Å². The van der Waals surface area contributed by atoms with E-state index in [2.05, 4.69) is 23.7 Å². The molecule has 1 atom stereocenters. The fourth-order valence-electron chi connectivity index (χ4n) is 2.00. The van der Waals surface area contributed by atoms with Crippen molar-refractivity contribution in [1.82, 2.24) is 0 Å². The van der Waals surface area contributed by atoms with Crippen molar-refractivity contribution in [2.24, 2.45) is 0 Å². The van der Waals surface area contributed by atoms with E-state index in [1.165, 1.54) is 10.4 Å². The van der Waals surface area contributed by atoms with E-state index in [0.717, 1.165) is 18.0 Å². The molecular weight excluding hydrogens is 254 g/mol. The fourth-order valence-corrected chi connectivity index (χ4v) is 3.12. The van der Waals surface area contributed by atoms with Crippen LogP contribution in [0.3, 0.4) is 0 Å². The summed E-state index contributed by atoms with van der Waals surface area (Å²) in [4.78, 5) is 1.28. The smallest absolute Gasteiger partial charge is 0.150 e. The number of rotatable bonds is 1. The molecule has 2 nitrogen and oxygen atoms in total. The SMILES string of the molecule is Cc1ccsc1C1CNc2ccc(Cl)cc2O1. The van der Waals surface area contributed by atoms with Gasteiger partial charge in [-0.3, -0.25) is 0 Å². The number of anilines is 1. The number of ether oxygens (including phenoxy) is 1. The Kier molecular flexibility index (Phi) is 2.73. The van der Waals surface area contributed by atoms with Crippen molar-refractivity contribution in [1.29, 1.82) is 0 Å². The Balaban J connectivity index is 1.92. The highest BCUT2D eigenvalue weighted by atomic mass is 35.5. The normalized spacial score (nSPS) is 18.1. The Labute approximate surface area is 109 Å². The lowest BCUT2D eigenvalue weighted by atomic mass is 10.1. The third-order valence-electron chi connectivity index (χ3n) is 2.88. The first-order chi connectivity index (χ1) is 8.24. The van der Waals surface area contributed by atoms with Gasteiger partial charge in [0.1, 0.15) is 5.75 Å². The third-order valence-corrected chi connectivity index (χ3v) is 4.23. The lowest BCUT2D eigenvalue weighted by Gasteiger charge is -2.27. The van der Waals surface area contributed by atoms with Gasteiger partial charge in [-0.05, 0) is 36.1 Å². The molecule has 88 valence electrons. The average molecular weight is 266 g/mol. The summed E-state index contributed by atoms with van der Waals surface area (Å²) >= 11 is 7.71. The van der Waals surface area contributed by atoms with Gasteiger partial charge >= 0.3 is 0 Å². The zero-order valence-corrected chi connectivity index (χ0v) is 10.9. The molecule has 4 heteroatoms. The summed E-state index contributed by atoms with van der Waals surface area (Å²) in [7, 11) is 0. The first-order valence-electron chi connectivity index (χ1n) is 5.48. The predicted octanol–water partition coefficient (Wildman–Crippen LogP) is 4.26. The highest BCUT2D eigenvalue weighted by molar-refractivity contribution is 7.10. The molecule has 0 saturated carbocycles. The van der Waals surface area contributed by atoms with Crippen molar-refractivity contribution in [3.8, 4) is 5.75 Å². The lowest BCUT2D eigenvalue weighted by molar-refractivity contribution is 0.213. The highest BCUT2D eigenvalue weighted by Gasteiger charge is 2.23. The molecule has 0 radical (unpaired) electrons. The molecule has 1 aromatic carbocycles. The first kappa shape index (κ1) is 10.9. The molecule has 0 amide bonds. The number of nitrogens with one attached hydrogen (secondary N) is 1. The van der Waals surface area contributed by atoms with E-state index in [1.807, 2.05) is 18.2 Å². The summed E-state index contributed by atoms with van der Waals surface area (Å²) in [6.45, 7) is 2.92. The molecule has 0 bridgehead atoms. The van der Waals surface area contributed by atoms with Crippen molar-refractivity contribution in [2.75, 3.05) is 11.9 Å². The molecule has 2 aromatic rings. The number of hydrogen-bond donors (Lipinski definition) is 1. The monoisotopic (exact) mass is 265 g/mol. The van der Waals surface area contributed by atoms with Crippen molar-refractivity contribution >= 4 is 28.6 Å². The Bertz CT molecular complexity index is 552. The van der Waals surface area contributed by atoms with Gasteiger partial charge in [0.05, 0.1) is 12.2 Å². The van der Waals surface area contributed by atoms with Crippen LogP contribution in [0.1, 0.15) is 16.5 Å². The molecular formula is C13H12ClNOS. The largest absolute Gasteiger partial charge is 0.481 e. The maximum atomic E-state index is 6.00. The van der Waals surface area contributed by atoms with Crippen LogP contribution >= 0.6 is 22.9 Å². The van der Waals surface area contributed by atoms with Crippen LogP contribution in [0.15, 0.2) is 29.6 Å². The van der Waals surface area contributed by atoms with Gasteiger partial charge in [0.15, 0.2) is 6.10 Å². The molecule has 17 heavy (non-hydrogen) atoms. The van der Waals surface area contributed by atoms with Crippen LogP contribution in [-0.4, -0.2) is 6.54 Å². The van der Waals surface area contributed by atoms with E-state index in [-0.39, 0.29) is 6.10 Å². The van der Waals surface area contributed by atoms with E-state index in [9.17, 15) is 0 Å². The number of benzene rings is 1. The van der Waals surface area contributed by atoms with Gasteiger partial charge in [-0.1, -0.05) is 11.6 Å². The first-order valence-corrected chi connectivity index (χ1v) is 6.74. The Morgan fingerprint density at radius 1 is 1.41 bits per heavy atom. The topological polar surface area (TPSA) is 21.3 Å². The van der Waals surface area contributed by atoms with E-state index >= 15 is 0 Å².